The third kappa shape index (κ3) is 2.74. The number of ether oxygens (including phenoxy) is 1. The van der Waals surface area contributed by atoms with Crippen LogP contribution in [0.3, 0.4) is 0 Å². The van der Waals surface area contributed by atoms with E-state index in [4.69, 9.17) is 4.74 Å². The van der Waals surface area contributed by atoms with Crippen molar-refractivity contribution >= 4 is 11.9 Å². The van der Waals surface area contributed by atoms with E-state index in [0.717, 1.165) is 0 Å². The first-order valence-electron chi connectivity index (χ1n) is 3.92. The molecule has 0 aromatic heterocycles. The van der Waals surface area contributed by atoms with Gasteiger partial charge in [-0.15, -0.1) is 0 Å². The average molecular weight is 181 g/mol. The predicted molar refractivity (Wildman–Crippen MR) is 46.6 cm³/mol. The van der Waals surface area contributed by atoms with Crippen LogP contribution >= 0.6 is 0 Å². The van der Waals surface area contributed by atoms with Gasteiger partial charge in [-0.2, -0.15) is 0 Å². The molecule has 0 saturated carbocycles. The lowest BCUT2D eigenvalue weighted by atomic mass is 10.1. The molecule has 1 fully saturated rings. The van der Waals surface area contributed by atoms with Crippen LogP contribution in [-0.4, -0.2) is 18.5 Å². The van der Waals surface area contributed by atoms with E-state index in [0.29, 0.717) is 11.3 Å². The van der Waals surface area contributed by atoms with Gasteiger partial charge >= 0.3 is 5.97 Å². The van der Waals surface area contributed by atoms with Crippen molar-refractivity contribution in [1.29, 1.82) is 0 Å². The molecular formula is C9H11NO3. The zero-order valence-electron chi connectivity index (χ0n) is 7.26. The standard InChI is InChI=1S/C9H11NO3/c1-6-5-9(12)13-4-3-8(11)10-7(6)2/h1-5H2,(H,10,11). The Kier molecular flexibility index (Phi) is 2.84. The number of carbonyl (C=O) groups is 2. The normalized spacial score (nSPS) is 19.7. The topological polar surface area (TPSA) is 55.4 Å². The fourth-order valence-corrected chi connectivity index (χ4v) is 0.909. The summed E-state index contributed by atoms with van der Waals surface area (Å²) in [5.41, 5.74) is 0.879. The lowest BCUT2D eigenvalue weighted by Gasteiger charge is -2.06. The van der Waals surface area contributed by atoms with Gasteiger partial charge in [0.15, 0.2) is 0 Å². The fraction of sp³-hybridized carbons (Fsp3) is 0.333. The van der Waals surface area contributed by atoms with Crippen LogP contribution in [0.2, 0.25) is 0 Å². The number of cyclic esters (lactones) is 1. The van der Waals surface area contributed by atoms with Gasteiger partial charge < -0.3 is 10.1 Å². The van der Waals surface area contributed by atoms with E-state index >= 15 is 0 Å². The van der Waals surface area contributed by atoms with E-state index in [1.54, 1.807) is 0 Å². The van der Waals surface area contributed by atoms with Gasteiger partial charge in [0.05, 0.1) is 12.8 Å². The number of hydrogen-bond acceptors (Lipinski definition) is 3. The van der Waals surface area contributed by atoms with Gasteiger partial charge in [0, 0.05) is 5.70 Å². The largest absolute Gasteiger partial charge is 0.465 e. The summed E-state index contributed by atoms with van der Waals surface area (Å²) in [5.74, 6) is -0.580. The first kappa shape index (κ1) is 9.51. The second kappa shape index (κ2) is 3.89. The molecule has 0 aromatic carbocycles. The lowest BCUT2D eigenvalue weighted by Crippen LogP contribution is -2.22. The molecule has 70 valence electrons. The number of esters is 1. The second-order valence-corrected chi connectivity index (χ2v) is 2.78. The van der Waals surface area contributed by atoms with Crippen molar-refractivity contribution in [3.05, 3.63) is 24.4 Å². The summed E-state index contributed by atoms with van der Waals surface area (Å²) in [4.78, 5) is 22.0. The molecule has 1 aliphatic heterocycles. The molecule has 1 aliphatic rings. The Labute approximate surface area is 76.3 Å². The highest BCUT2D eigenvalue weighted by Gasteiger charge is 2.14. The van der Waals surface area contributed by atoms with E-state index < -0.39 is 0 Å². The molecule has 13 heavy (non-hydrogen) atoms. The zero-order valence-corrected chi connectivity index (χ0v) is 7.26. The van der Waals surface area contributed by atoms with E-state index in [2.05, 4.69) is 18.5 Å². The lowest BCUT2D eigenvalue weighted by molar-refractivity contribution is -0.143. The number of hydrogen-bond donors (Lipinski definition) is 1. The van der Waals surface area contributed by atoms with Crippen LogP contribution in [0.1, 0.15) is 12.8 Å². The van der Waals surface area contributed by atoms with Gasteiger partial charge in [-0.1, -0.05) is 13.2 Å². The molecule has 1 rings (SSSR count). The minimum absolute atomic E-state index is 0.0825. The Morgan fingerprint density at radius 3 is 2.69 bits per heavy atom. The Morgan fingerprint density at radius 2 is 2.00 bits per heavy atom. The molecule has 0 bridgehead atoms. The van der Waals surface area contributed by atoms with Gasteiger partial charge in [-0.05, 0) is 5.57 Å². The minimum atomic E-state index is -0.373. The number of carbonyl (C=O) groups excluding carboxylic acids is 2. The first-order chi connectivity index (χ1) is 6.09. The molecule has 1 saturated heterocycles. The van der Waals surface area contributed by atoms with Crippen LogP contribution in [0.25, 0.3) is 0 Å². The van der Waals surface area contributed by atoms with Gasteiger partial charge in [-0.3, -0.25) is 9.59 Å². The fourth-order valence-electron chi connectivity index (χ4n) is 0.909. The molecule has 0 atom stereocenters. The predicted octanol–water partition coefficient (Wildman–Crippen LogP) is 0.510. The molecular weight excluding hydrogens is 170 g/mol. The molecule has 0 aliphatic carbocycles. The molecule has 0 radical (unpaired) electrons. The first-order valence-corrected chi connectivity index (χ1v) is 3.92. The summed E-state index contributed by atoms with van der Waals surface area (Å²) in [6.07, 6.45) is 0.247. The Morgan fingerprint density at radius 1 is 1.31 bits per heavy atom. The van der Waals surface area contributed by atoms with Crippen LogP contribution in [0.5, 0.6) is 0 Å². The van der Waals surface area contributed by atoms with Gasteiger partial charge in [-0.25, -0.2) is 0 Å². The number of nitrogens with one attached hydrogen (secondary N) is 1. The highest BCUT2D eigenvalue weighted by atomic mass is 16.5. The van der Waals surface area contributed by atoms with Crippen molar-refractivity contribution in [2.24, 2.45) is 0 Å². The average Bonchev–Trinajstić information content (AvgIpc) is 2.06. The summed E-state index contributed by atoms with van der Waals surface area (Å²) in [7, 11) is 0. The van der Waals surface area contributed by atoms with Gasteiger partial charge in [0.2, 0.25) is 5.91 Å². The van der Waals surface area contributed by atoms with Crippen molar-refractivity contribution in [2.45, 2.75) is 12.8 Å². The van der Waals surface area contributed by atoms with Crippen LogP contribution in [0.15, 0.2) is 24.4 Å². The highest BCUT2D eigenvalue weighted by molar-refractivity contribution is 5.81. The molecule has 4 heteroatoms. The second-order valence-electron chi connectivity index (χ2n) is 2.78. The SMILES string of the molecule is C=C1CC(=O)OCCC(=O)NC1=C. The maximum absolute atomic E-state index is 11.0. The van der Waals surface area contributed by atoms with E-state index in [-0.39, 0.29) is 31.3 Å². The molecule has 4 nitrogen and oxygen atoms in total. The van der Waals surface area contributed by atoms with E-state index in [9.17, 15) is 9.59 Å². The Balaban J connectivity index is 2.71. The quantitative estimate of drug-likeness (QED) is 0.554. The molecule has 1 amide bonds. The zero-order chi connectivity index (χ0) is 9.84. The number of rotatable bonds is 0. The highest BCUT2D eigenvalue weighted by Crippen LogP contribution is 2.10. The van der Waals surface area contributed by atoms with Crippen LogP contribution in [0.4, 0.5) is 0 Å². The number of allylic oxidation sites excluding steroid dienone is 1. The minimum Gasteiger partial charge on any atom is -0.465 e. The third-order valence-corrected chi connectivity index (χ3v) is 1.67. The van der Waals surface area contributed by atoms with Crippen molar-refractivity contribution < 1.29 is 14.3 Å². The van der Waals surface area contributed by atoms with Gasteiger partial charge in [0.1, 0.15) is 6.61 Å². The van der Waals surface area contributed by atoms with Crippen LogP contribution in [-0.2, 0) is 14.3 Å². The monoisotopic (exact) mass is 181 g/mol. The summed E-state index contributed by atoms with van der Waals surface area (Å²) in [6.45, 7) is 7.31. The molecule has 0 unspecified atom stereocenters. The molecule has 0 spiro atoms. The summed E-state index contributed by atoms with van der Waals surface area (Å²) < 4.78 is 4.75. The maximum Gasteiger partial charge on any atom is 0.310 e. The van der Waals surface area contributed by atoms with E-state index in [1.165, 1.54) is 0 Å². The maximum atomic E-state index is 11.0. The van der Waals surface area contributed by atoms with Crippen molar-refractivity contribution in [3.63, 3.8) is 0 Å². The summed E-state index contributed by atoms with van der Waals surface area (Å²) in [6, 6.07) is 0. The number of amides is 1. The van der Waals surface area contributed by atoms with E-state index in [1.807, 2.05) is 0 Å². The van der Waals surface area contributed by atoms with Crippen molar-refractivity contribution in [1.82, 2.24) is 5.32 Å². The smallest absolute Gasteiger partial charge is 0.310 e. The summed E-state index contributed by atoms with van der Waals surface area (Å²) in [5, 5.41) is 2.53. The van der Waals surface area contributed by atoms with Gasteiger partial charge in [0.25, 0.3) is 0 Å². The Hall–Kier alpha value is -1.58. The Bertz CT molecular complexity index is 253. The molecule has 1 N–H and O–H groups in total. The van der Waals surface area contributed by atoms with Crippen molar-refractivity contribution in [3.8, 4) is 0 Å². The van der Waals surface area contributed by atoms with Crippen LogP contribution < -0.4 is 5.32 Å². The van der Waals surface area contributed by atoms with Crippen molar-refractivity contribution in [2.75, 3.05) is 6.61 Å². The molecule has 1 heterocycles. The summed E-state index contributed by atoms with van der Waals surface area (Å²) >= 11 is 0. The van der Waals surface area contributed by atoms with Crippen LogP contribution in [0, 0.1) is 0 Å². The molecule has 0 aromatic rings. The third-order valence-electron chi connectivity index (χ3n) is 1.67.